The van der Waals surface area contributed by atoms with Gasteiger partial charge in [0.1, 0.15) is 17.9 Å². The molecule has 2 N–H and O–H groups in total. The number of halogens is 1. The van der Waals surface area contributed by atoms with Crippen LogP contribution in [0.5, 0.6) is 5.75 Å². The Morgan fingerprint density at radius 3 is 2.83 bits per heavy atom. The zero-order valence-corrected chi connectivity index (χ0v) is 17.4. The maximum absolute atomic E-state index is 6.32. The highest BCUT2D eigenvalue weighted by atomic mass is 35.5. The SMILES string of the molecule is CCNC(=NCc1ccnc(-n2ccnc2)c1)NCCc1ccc(OC)cc1Cl. The molecule has 3 aromatic rings. The van der Waals surface area contributed by atoms with Crippen LogP contribution in [-0.2, 0) is 13.0 Å². The third-order valence-electron chi connectivity index (χ3n) is 4.29. The van der Waals surface area contributed by atoms with E-state index in [4.69, 9.17) is 16.3 Å². The fourth-order valence-electron chi connectivity index (χ4n) is 2.78. The summed E-state index contributed by atoms with van der Waals surface area (Å²) in [6.45, 7) is 4.09. The second kappa shape index (κ2) is 10.5. The summed E-state index contributed by atoms with van der Waals surface area (Å²) in [5.41, 5.74) is 2.13. The zero-order valence-electron chi connectivity index (χ0n) is 16.6. The molecular formula is C21H25ClN6O. The lowest BCUT2D eigenvalue weighted by molar-refractivity contribution is 0.414. The number of methoxy groups -OCH3 is 1. The van der Waals surface area contributed by atoms with Gasteiger partial charge in [0.2, 0.25) is 0 Å². The van der Waals surface area contributed by atoms with Crippen molar-refractivity contribution in [1.29, 1.82) is 0 Å². The first-order valence-corrected chi connectivity index (χ1v) is 9.85. The Kier molecular flexibility index (Phi) is 7.47. The van der Waals surface area contributed by atoms with E-state index in [0.717, 1.165) is 41.6 Å². The molecule has 0 atom stereocenters. The summed E-state index contributed by atoms with van der Waals surface area (Å²) in [6.07, 6.45) is 7.89. The number of imidazole rings is 1. The van der Waals surface area contributed by atoms with Crippen LogP contribution in [0.4, 0.5) is 0 Å². The molecule has 0 amide bonds. The molecule has 1 aromatic carbocycles. The van der Waals surface area contributed by atoms with Crippen molar-refractivity contribution in [3.05, 3.63) is 71.4 Å². The molecule has 0 aliphatic rings. The first-order valence-electron chi connectivity index (χ1n) is 9.47. The van der Waals surface area contributed by atoms with Crippen molar-refractivity contribution < 1.29 is 4.74 Å². The minimum atomic E-state index is 0.544. The molecule has 8 heteroatoms. The summed E-state index contributed by atoms with van der Waals surface area (Å²) in [5.74, 6) is 2.34. The van der Waals surface area contributed by atoms with Crippen molar-refractivity contribution in [2.24, 2.45) is 4.99 Å². The highest BCUT2D eigenvalue weighted by molar-refractivity contribution is 6.31. The van der Waals surface area contributed by atoms with Crippen LogP contribution in [0.2, 0.25) is 5.02 Å². The quantitative estimate of drug-likeness (QED) is 0.439. The number of nitrogens with zero attached hydrogens (tertiary/aromatic N) is 4. The molecule has 2 heterocycles. The van der Waals surface area contributed by atoms with Gasteiger partial charge in [-0.3, -0.25) is 4.57 Å². The van der Waals surface area contributed by atoms with E-state index in [1.165, 1.54) is 0 Å². The Bertz CT molecular complexity index is 942. The van der Waals surface area contributed by atoms with E-state index in [-0.39, 0.29) is 0 Å². The number of hydrogen-bond donors (Lipinski definition) is 2. The Balaban J connectivity index is 1.59. The Hall–Kier alpha value is -3.06. The van der Waals surface area contributed by atoms with Crippen LogP contribution in [0.3, 0.4) is 0 Å². The molecular weight excluding hydrogens is 388 g/mol. The lowest BCUT2D eigenvalue weighted by Crippen LogP contribution is -2.38. The van der Waals surface area contributed by atoms with Gasteiger partial charge in [-0.05, 0) is 48.7 Å². The minimum Gasteiger partial charge on any atom is -0.497 e. The predicted molar refractivity (Wildman–Crippen MR) is 116 cm³/mol. The molecule has 0 aliphatic heterocycles. The van der Waals surface area contributed by atoms with Crippen molar-refractivity contribution in [2.45, 2.75) is 19.9 Å². The number of rotatable bonds is 8. The predicted octanol–water partition coefficient (Wildman–Crippen LogP) is 3.23. The van der Waals surface area contributed by atoms with Gasteiger partial charge in [0, 0.05) is 36.7 Å². The number of aromatic nitrogens is 3. The number of guanidine groups is 1. The molecule has 0 radical (unpaired) electrons. The number of nitrogens with one attached hydrogen (secondary N) is 2. The van der Waals surface area contributed by atoms with Crippen LogP contribution >= 0.6 is 11.6 Å². The number of pyridine rings is 1. The molecule has 3 rings (SSSR count). The normalized spacial score (nSPS) is 11.3. The maximum Gasteiger partial charge on any atom is 0.191 e. The van der Waals surface area contributed by atoms with E-state index < -0.39 is 0 Å². The zero-order chi connectivity index (χ0) is 20.5. The summed E-state index contributed by atoms with van der Waals surface area (Å²) in [7, 11) is 1.63. The molecule has 0 aliphatic carbocycles. The smallest absolute Gasteiger partial charge is 0.191 e. The van der Waals surface area contributed by atoms with Gasteiger partial charge in [0.15, 0.2) is 5.96 Å². The van der Waals surface area contributed by atoms with Crippen LogP contribution < -0.4 is 15.4 Å². The topological polar surface area (TPSA) is 76.4 Å². The van der Waals surface area contributed by atoms with Crippen LogP contribution in [0.1, 0.15) is 18.1 Å². The molecule has 0 bridgehead atoms. The molecule has 0 fully saturated rings. The largest absolute Gasteiger partial charge is 0.497 e. The van der Waals surface area contributed by atoms with E-state index in [2.05, 4.69) is 25.6 Å². The van der Waals surface area contributed by atoms with E-state index in [1.54, 1.807) is 25.8 Å². The van der Waals surface area contributed by atoms with Gasteiger partial charge in [-0.2, -0.15) is 0 Å². The number of hydrogen-bond acceptors (Lipinski definition) is 4. The fourth-order valence-corrected chi connectivity index (χ4v) is 3.05. The highest BCUT2D eigenvalue weighted by Crippen LogP contribution is 2.22. The van der Waals surface area contributed by atoms with Crippen LogP contribution in [0.25, 0.3) is 5.82 Å². The number of benzene rings is 1. The second-order valence-corrected chi connectivity index (χ2v) is 6.73. The van der Waals surface area contributed by atoms with Crippen molar-refractivity contribution in [2.75, 3.05) is 20.2 Å². The second-order valence-electron chi connectivity index (χ2n) is 6.32. The van der Waals surface area contributed by atoms with Gasteiger partial charge in [-0.15, -0.1) is 0 Å². The van der Waals surface area contributed by atoms with Gasteiger partial charge >= 0.3 is 0 Å². The molecule has 0 unspecified atom stereocenters. The molecule has 0 saturated carbocycles. The third kappa shape index (κ3) is 5.96. The van der Waals surface area contributed by atoms with Crippen molar-refractivity contribution in [1.82, 2.24) is 25.2 Å². The summed E-state index contributed by atoms with van der Waals surface area (Å²) in [5, 5.41) is 7.33. The van der Waals surface area contributed by atoms with Gasteiger partial charge in [-0.25, -0.2) is 15.0 Å². The third-order valence-corrected chi connectivity index (χ3v) is 4.64. The van der Waals surface area contributed by atoms with Gasteiger partial charge in [-0.1, -0.05) is 17.7 Å². The fraction of sp³-hybridized carbons (Fsp3) is 0.286. The van der Waals surface area contributed by atoms with Gasteiger partial charge in [0.05, 0.1) is 13.7 Å². The average Bonchev–Trinajstić information content (AvgIpc) is 3.28. The average molecular weight is 413 g/mol. The molecule has 29 heavy (non-hydrogen) atoms. The molecule has 0 spiro atoms. The maximum atomic E-state index is 6.32. The minimum absolute atomic E-state index is 0.544. The summed E-state index contributed by atoms with van der Waals surface area (Å²) < 4.78 is 7.06. The monoisotopic (exact) mass is 412 g/mol. The Morgan fingerprint density at radius 1 is 1.21 bits per heavy atom. The van der Waals surface area contributed by atoms with Crippen molar-refractivity contribution >= 4 is 17.6 Å². The molecule has 152 valence electrons. The lowest BCUT2D eigenvalue weighted by Gasteiger charge is -2.12. The summed E-state index contributed by atoms with van der Waals surface area (Å²) in [6, 6.07) is 9.71. The molecule has 0 saturated heterocycles. The van der Waals surface area contributed by atoms with Crippen LogP contribution in [-0.4, -0.2) is 40.7 Å². The molecule has 7 nitrogen and oxygen atoms in total. The van der Waals surface area contributed by atoms with Crippen molar-refractivity contribution in [3.8, 4) is 11.6 Å². The van der Waals surface area contributed by atoms with E-state index in [0.29, 0.717) is 18.1 Å². The number of ether oxygens (including phenoxy) is 1. The van der Waals surface area contributed by atoms with E-state index in [9.17, 15) is 0 Å². The van der Waals surface area contributed by atoms with Crippen LogP contribution in [0, 0.1) is 0 Å². The first-order chi connectivity index (χ1) is 14.2. The highest BCUT2D eigenvalue weighted by Gasteiger charge is 2.04. The standard InChI is InChI=1S/C21H25ClN6O/c1-3-24-21(26-9-7-17-4-5-18(29-2)13-19(17)22)27-14-16-6-8-25-20(12-16)28-11-10-23-15-28/h4-6,8,10-13,15H,3,7,9,14H2,1-2H3,(H2,24,26,27). The van der Waals surface area contributed by atoms with Gasteiger partial charge in [0.25, 0.3) is 0 Å². The van der Waals surface area contributed by atoms with Gasteiger partial charge < -0.3 is 15.4 Å². The Labute approximate surface area is 175 Å². The lowest BCUT2D eigenvalue weighted by atomic mass is 10.1. The van der Waals surface area contributed by atoms with E-state index in [1.807, 2.05) is 48.0 Å². The number of aliphatic imine (C=N–C) groups is 1. The van der Waals surface area contributed by atoms with E-state index >= 15 is 0 Å². The summed E-state index contributed by atoms with van der Waals surface area (Å²) in [4.78, 5) is 13.1. The van der Waals surface area contributed by atoms with Crippen LogP contribution in [0.15, 0.2) is 60.2 Å². The van der Waals surface area contributed by atoms with Crippen molar-refractivity contribution in [3.63, 3.8) is 0 Å². The summed E-state index contributed by atoms with van der Waals surface area (Å²) >= 11 is 6.32. The molecule has 2 aromatic heterocycles. The first kappa shape index (κ1) is 20.7. The Morgan fingerprint density at radius 2 is 2.10 bits per heavy atom.